The quantitative estimate of drug-likeness (QED) is 0.279. The standard InChI is InChI=1S/C24H23N3O4S/c1-16-13-20(27(30)31)11-12-22(16)26-24(29)17(2)32-21-10-6-9-19(15-21)25-23(28)14-18-7-4-3-5-8-18/h3-13,15,17H,14H2,1-2H3,(H,25,28)(H,26,29). The van der Waals surface area contributed by atoms with Crippen LogP contribution in [0.2, 0.25) is 0 Å². The number of carbonyl (C=O) groups excluding carboxylic acids is 2. The summed E-state index contributed by atoms with van der Waals surface area (Å²) in [6.07, 6.45) is 0.283. The molecule has 0 aliphatic rings. The molecule has 1 atom stereocenters. The number of hydrogen-bond donors (Lipinski definition) is 2. The van der Waals surface area contributed by atoms with Crippen molar-refractivity contribution in [2.45, 2.75) is 30.4 Å². The van der Waals surface area contributed by atoms with Gasteiger partial charge in [-0.25, -0.2) is 0 Å². The molecule has 0 saturated heterocycles. The lowest BCUT2D eigenvalue weighted by molar-refractivity contribution is -0.384. The van der Waals surface area contributed by atoms with E-state index in [4.69, 9.17) is 0 Å². The smallest absolute Gasteiger partial charge is 0.269 e. The molecule has 3 aromatic carbocycles. The second kappa shape index (κ2) is 10.6. The maximum atomic E-state index is 12.6. The Labute approximate surface area is 190 Å². The fourth-order valence-corrected chi connectivity index (χ4v) is 3.95. The zero-order valence-electron chi connectivity index (χ0n) is 17.7. The largest absolute Gasteiger partial charge is 0.326 e. The van der Waals surface area contributed by atoms with Gasteiger partial charge in [-0.1, -0.05) is 36.4 Å². The van der Waals surface area contributed by atoms with Crippen LogP contribution >= 0.6 is 11.8 Å². The molecule has 0 bridgehead atoms. The highest BCUT2D eigenvalue weighted by Crippen LogP contribution is 2.28. The highest BCUT2D eigenvalue weighted by atomic mass is 32.2. The lowest BCUT2D eigenvalue weighted by Gasteiger charge is -2.14. The van der Waals surface area contributed by atoms with Gasteiger partial charge in [0.05, 0.1) is 16.6 Å². The Balaban J connectivity index is 1.59. The third-order valence-electron chi connectivity index (χ3n) is 4.69. The molecule has 32 heavy (non-hydrogen) atoms. The van der Waals surface area contributed by atoms with Crippen molar-refractivity contribution < 1.29 is 14.5 Å². The summed E-state index contributed by atoms with van der Waals surface area (Å²) in [7, 11) is 0. The van der Waals surface area contributed by atoms with Gasteiger partial charge < -0.3 is 10.6 Å². The molecule has 0 aliphatic heterocycles. The van der Waals surface area contributed by atoms with Gasteiger partial charge in [0.1, 0.15) is 0 Å². The number of hydrogen-bond acceptors (Lipinski definition) is 5. The van der Waals surface area contributed by atoms with Gasteiger partial charge in [0.2, 0.25) is 11.8 Å². The lowest BCUT2D eigenvalue weighted by atomic mass is 10.1. The number of rotatable bonds is 8. The minimum absolute atomic E-state index is 0.0194. The molecule has 7 nitrogen and oxygen atoms in total. The van der Waals surface area contributed by atoms with E-state index in [1.165, 1.54) is 30.0 Å². The number of non-ortho nitro benzene ring substituents is 1. The van der Waals surface area contributed by atoms with E-state index >= 15 is 0 Å². The second-order valence-electron chi connectivity index (χ2n) is 7.24. The van der Waals surface area contributed by atoms with Gasteiger partial charge in [0, 0.05) is 28.4 Å². The summed E-state index contributed by atoms with van der Waals surface area (Å²) in [5.74, 6) is -0.330. The van der Waals surface area contributed by atoms with Crippen LogP contribution in [-0.4, -0.2) is 22.0 Å². The molecule has 0 radical (unpaired) electrons. The zero-order valence-corrected chi connectivity index (χ0v) is 18.5. The molecule has 8 heteroatoms. The van der Waals surface area contributed by atoms with Crippen LogP contribution in [0.5, 0.6) is 0 Å². The van der Waals surface area contributed by atoms with Crippen LogP contribution in [-0.2, 0) is 16.0 Å². The predicted octanol–water partition coefficient (Wildman–Crippen LogP) is 5.20. The maximum Gasteiger partial charge on any atom is 0.269 e. The van der Waals surface area contributed by atoms with Crippen LogP contribution in [0.15, 0.2) is 77.7 Å². The highest BCUT2D eigenvalue weighted by Gasteiger charge is 2.17. The fraction of sp³-hybridized carbons (Fsp3) is 0.167. The van der Waals surface area contributed by atoms with E-state index < -0.39 is 10.2 Å². The van der Waals surface area contributed by atoms with E-state index in [9.17, 15) is 19.7 Å². The van der Waals surface area contributed by atoms with Crippen LogP contribution in [0.1, 0.15) is 18.1 Å². The van der Waals surface area contributed by atoms with Gasteiger partial charge in [-0.05, 0) is 49.2 Å². The number of nitro groups is 1. The molecule has 0 spiro atoms. The third kappa shape index (κ3) is 6.42. The number of thioether (sulfide) groups is 1. The van der Waals surface area contributed by atoms with Crippen LogP contribution in [0.3, 0.4) is 0 Å². The van der Waals surface area contributed by atoms with Gasteiger partial charge in [-0.2, -0.15) is 0 Å². The molecule has 0 fully saturated rings. The van der Waals surface area contributed by atoms with Crippen LogP contribution in [0.25, 0.3) is 0 Å². The van der Waals surface area contributed by atoms with Crippen molar-refractivity contribution in [2.75, 3.05) is 10.6 Å². The van der Waals surface area contributed by atoms with E-state index in [1.807, 2.05) is 48.5 Å². The molecule has 2 amide bonds. The van der Waals surface area contributed by atoms with Gasteiger partial charge in [-0.3, -0.25) is 19.7 Å². The maximum absolute atomic E-state index is 12.6. The summed E-state index contributed by atoms with van der Waals surface area (Å²) < 4.78 is 0. The van der Waals surface area contributed by atoms with E-state index in [1.54, 1.807) is 19.9 Å². The molecule has 164 valence electrons. The molecule has 1 unspecified atom stereocenters. The number of amides is 2. The minimum atomic E-state index is -0.470. The number of carbonyl (C=O) groups is 2. The van der Waals surface area contributed by atoms with Gasteiger partial charge >= 0.3 is 0 Å². The highest BCUT2D eigenvalue weighted by molar-refractivity contribution is 8.00. The third-order valence-corrected chi connectivity index (χ3v) is 5.78. The van der Waals surface area contributed by atoms with Crippen LogP contribution in [0.4, 0.5) is 17.1 Å². The van der Waals surface area contributed by atoms with Crippen molar-refractivity contribution in [1.29, 1.82) is 0 Å². The van der Waals surface area contributed by atoms with Crippen LogP contribution < -0.4 is 10.6 Å². The van der Waals surface area contributed by atoms with Gasteiger partial charge in [0.15, 0.2) is 0 Å². The topological polar surface area (TPSA) is 101 Å². The predicted molar refractivity (Wildman–Crippen MR) is 127 cm³/mol. The minimum Gasteiger partial charge on any atom is -0.326 e. The first-order chi connectivity index (χ1) is 15.3. The first-order valence-corrected chi connectivity index (χ1v) is 10.9. The average Bonchev–Trinajstić information content (AvgIpc) is 2.75. The molecule has 0 aromatic heterocycles. The van der Waals surface area contributed by atoms with Crippen molar-refractivity contribution in [1.82, 2.24) is 0 Å². The zero-order chi connectivity index (χ0) is 23.1. The van der Waals surface area contributed by atoms with E-state index in [2.05, 4.69) is 10.6 Å². The molecule has 2 N–H and O–H groups in total. The molecular formula is C24H23N3O4S. The summed E-state index contributed by atoms with van der Waals surface area (Å²) >= 11 is 1.36. The fourth-order valence-electron chi connectivity index (χ4n) is 3.03. The number of nitro benzene ring substituents is 1. The molecule has 0 heterocycles. The van der Waals surface area contributed by atoms with E-state index in [0.717, 1.165) is 10.5 Å². The molecule has 0 saturated carbocycles. The monoisotopic (exact) mass is 449 g/mol. The first kappa shape index (κ1) is 23.0. The van der Waals surface area contributed by atoms with Crippen molar-refractivity contribution in [3.63, 3.8) is 0 Å². The van der Waals surface area contributed by atoms with E-state index in [0.29, 0.717) is 16.9 Å². The van der Waals surface area contributed by atoms with Crippen molar-refractivity contribution in [3.05, 3.63) is 94.0 Å². The summed E-state index contributed by atoms with van der Waals surface area (Å²) in [6.45, 7) is 3.49. The summed E-state index contributed by atoms with van der Waals surface area (Å²) in [6, 6.07) is 21.1. The lowest BCUT2D eigenvalue weighted by Crippen LogP contribution is -2.22. The van der Waals surface area contributed by atoms with Crippen molar-refractivity contribution >= 4 is 40.6 Å². The molecule has 3 rings (SSSR count). The number of benzene rings is 3. The Morgan fingerprint density at radius 3 is 2.44 bits per heavy atom. The van der Waals surface area contributed by atoms with Crippen molar-refractivity contribution in [3.8, 4) is 0 Å². The Hall–Kier alpha value is -3.65. The van der Waals surface area contributed by atoms with Crippen LogP contribution in [0, 0.1) is 17.0 Å². The number of aryl methyl sites for hydroxylation is 1. The van der Waals surface area contributed by atoms with Crippen molar-refractivity contribution in [2.24, 2.45) is 0 Å². The van der Waals surface area contributed by atoms with Gasteiger partial charge in [-0.15, -0.1) is 11.8 Å². The Morgan fingerprint density at radius 2 is 1.75 bits per heavy atom. The number of nitrogens with one attached hydrogen (secondary N) is 2. The molecule has 0 aliphatic carbocycles. The summed E-state index contributed by atoms with van der Waals surface area (Å²) in [4.78, 5) is 36.2. The first-order valence-electron chi connectivity index (χ1n) is 9.98. The second-order valence-corrected chi connectivity index (χ2v) is 8.66. The molecule has 3 aromatic rings. The normalized spacial score (nSPS) is 11.4. The van der Waals surface area contributed by atoms with E-state index in [-0.39, 0.29) is 23.9 Å². The summed E-state index contributed by atoms with van der Waals surface area (Å²) in [5.41, 5.74) is 2.73. The Kier molecular flexibility index (Phi) is 7.62. The van der Waals surface area contributed by atoms with Gasteiger partial charge in [0.25, 0.3) is 5.69 Å². The Morgan fingerprint density at radius 1 is 1.00 bits per heavy atom. The average molecular weight is 450 g/mol. The number of anilines is 2. The SMILES string of the molecule is Cc1cc([N+](=O)[O-])ccc1NC(=O)C(C)Sc1cccc(NC(=O)Cc2ccccc2)c1. The summed E-state index contributed by atoms with van der Waals surface area (Å²) in [5, 5.41) is 16.2. The Bertz CT molecular complexity index is 1140. The molecular weight excluding hydrogens is 426 g/mol. The number of nitrogens with zero attached hydrogens (tertiary/aromatic N) is 1.